The van der Waals surface area contributed by atoms with Gasteiger partial charge in [-0.3, -0.25) is 9.69 Å². The summed E-state index contributed by atoms with van der Waals surface area (Å²) in [6, 6.07) is 6.34. The Kier molecular flexibility index (Phi) is 6.21. The van der Waals surface area contributed by atoms with Crippen LogP contribution < -0.4 is 0 Å². The summed E-state index contributed by atoms with van der Waals surface area (Å²) >= 11 is 0. The maximum atomic E-state index is 13.2. The Balaban J connectivity index is 1.38. The minimum absolute atomic E-state index is 0.118. The van der Waals surface area contributed by atoms with Gasteiger partial charge < -0.3 is 9.64 Å². The number of ether oxygens (including phenoxy) is 1. The Bertz CT molecular complexity index is 538. The largest absolute Gasteiger partial charge is 0.379 e. The van der Waals surface area contributed by atoms with Gasteiger partial charge in [0.25, 0.3) is 0 Å². The summed E-state index contributed by atoms with van der Waals surface area (Å²) in [5, 5.41) is 0. The number of morpholine rings is 1. The third-order valence-corrected chi connectivity index (χ3v) is 5.17. The molecule has 0 bridgehead atoms. The van der Waals surface area contributed by atoms with Crippen molar-refractivity contribution in [2.45, 2.75) is 25.7 Å². The van der Waals surface area contributed by atoms with E-state index in [9.17, 15) is 9.18 Å². The van der Waals surface area contributed by atoms with Gasteiger partial charge in [0.1, 0.15) is 5.82 Å². The summed E-state index contributed by atoms with van der Waals surface area (Å²) in [7, 11) is 0. The predicted octanol–water partition coefficient (Wildman–Crippen LogP) is 2.33. The van der Waals surface area contributed by atoms with Crippen molar-refractivity contribution in [1.82, 2.24) is 9.80 Å². The van der Waals surface area contributed by atoms with Gasteiger partial charge in [-0.25, -0.2) is 4.39 Å². The number of carbonyl (C=O) groups excluding carboxylic acids is 1. The van der Waals surface area contributed by atoms with Crippen molar-refractivity contribution in [2.24, 2.45) is 5.92 Å². The second-order valence-corrected chi connectivity index (χ2v) is 6.87. The maximum Gasteiger partial charge on any atom is 0.226 e. The van der Waals surface area contributed by atoms with Gasteiger partial charge in [0.05, 0.1) is 19.6 Å². The van der Waals surface area contributed by atoms with Crippen molar-refractivity contribution in [3.63, 3.8) is 0 Å². The molecule has 1 aromatic carbocycles. The zero-order valence-corrected chi connectivity index (χ0v) is 14.3. The van der Waals surface area contributed by atoms with E-state index < -0.39 is 0 Å². The highest BCUT2D eigenvalue weighted by molar-refractivity contribution is 5.78. The number of rotatable bonds is 5. The van der Waals surface area contributed by atoms with E-state index in [1.54, 1.807) is 6.07 Å². The molecule has 2 fully saturated rings. The second kappa shape index (κ2) is 8.58. The van der Waals surface area contributed by atoms with Crippen LogP contribution in [0.5, 0.6) is 0 Å². The Morgan fingerprint density at radius 1 is 1.17 bits per heavy atom. The van der Waals surface area contributed by atoms with Gasteiger partial charge in [-0.1, -0.05) is 12.1 Å². The molecule has 1 amide bonds. The SMILES string of the molecule is O=C(Cc1cccc(F)c1)N1CCC(CCN2CCOCC2)CC1. The van der Waals surface area contributed by atoms with E-state index in [0.717, 1.165) is 64.3 Å². The van der Waals surface area contributed by atoms with Crippen molar-refractivity contribution in [3.05, 3.63) is 35.6 Å². The molecule has 5 heteroatoms. The van der Waals surface area contributed by atoms with E-state index in [2.05, 4.69) is 4.90 Å². The maximum absolute atomic E-state index is 13.2. The van der Waals surface area contributed by atoms with Crippen LogP contribution in [-0.2, 0) is 16.0 Å². The van der Waals surface area contributed by atoms with Crippen LogP contribution in [0.25, 0.3) is 0 Å². The van der Waals surface area contributed by atoms with Gasteiger partial charge >= 0.3 is 0 Å². The van der Waals surface area contributed by atoms with Gasteiger partial charge in [-0.15, -0.1) is 0 Å². The number of halogens is 1. The third kappa shape index (κ3) is 5.02. The van der Waals surface area contributed by atoms with Crippen LogP contribution in [0.2, 0.25) is 0 Å². The van der Waals surface area contributed by atoms with E-state index in [4.69, 9.17) is 4.74 Å². The number of benzene rings is 1. The van der Waals surface area contributed by atoms with Crippen LogP contribution in [0, 0.1) is 11.7 Å². The normalized spacial score (nSPS) is 20.3. The van der Waals surface area contributed by atoms with E-state index in [0.29, 0.717) is 12.3 Å². The summed E-state index contributed by atoms with van der Waals surface area (Å²) in [4.78, 5) is 16.8. The van der Waals surface area contributed by atoms with Crippen LogP contribution >= 0.6 is 0 Å². The van der Waals surface area contributed by atoms with Crippen molar-refractivity contribution < 1.29 is 13.9 Å². The first-order valence-electron chi connectivity index (χ1n) is 9.03. The number of carbonyl (C=O) groups is 1. The van der Waals surface area contributed by atoms with Crippen LogP contribution in [0.15, 0.2) is 24.3 Å². The molecule has 132 valence electrons. The molecular formula is C19H27FN2O2. The minimum Gasteiger partial charge on any atom is -0.379 e. The third-order valence-electron chi connectivity index (χ3n) is 5.17. The van der Waals surface area contributed by atoms with E-state index in [1.807, 2.05) is 11.0 Å². The van der Waals surface area contributed by atoms with E-state index in [1.165, 1.54) is 18.6 Å². The summed E-state index contributed by atoms with van der Waals surface area (Å²) in [6.07, 6.45) is 3.68. The molecule has 0 aromatic heterocycles. The molecule has 0 unspecified atom stereocenters. The first-order chi connectivity index (χ1) is 11.7. The number of hydrogen-bond acceptors (Lipinski definition) is 3. The Labute approximate surface area is 143 Å². The van der Waals surface area contributed by atoms with Crippen LogP contribution in [0.4, 0.5) is 4.39 Å². The first kappa shape index (κ1) is 17.4. The van der Waals surface area contributed by atoms with Crippen molar-refractivity contribution in [2.75, 3.05) is 45.9 Å². The zero-order valence-electron chi connectivity index (χ0n) is 14.3. The lowest BCUT2D eigenvalue weighted by Gasteiger charge is -2.34. The van der Waals surface area contributed by atoms with E-state index >= 15 is 0 Å². The highest BCUT2D eigenvalue weighted by atomic mass is 19.1. The van der Waals surface area contributed by atoms with Crippen molar-refractivity contribution >= 4 is 5.91 Å². The number of piperidine rings is 1. The Morgan fingerprint density at radius 2 is 1.92 bits per heavy atom. The molecule has 2 saturated heterocycles. The Hall–Kier alpha value is -1.46. The van der Waals surface area contributed by atoms with Gasteiger partial charge in [0.15, 0.2) is 0 Å². The summed E-state index contributed by atoms with van der Waals surface area (Å²) in [5.41, 5.74) is 0.759. The quantitative estimate of drug-likeness (QED) is 0.828. The lowest BCUT2D eigenvalue weighted by molar-refractivity contribution is -0.131. The molecule has 0 saturated carbocycles. The van der Waals surface area contributed by atoms with Gasteiger partial charge in [0, 0.05) is 26.2 Å². The molecule has 2 aliphatic rings. The lowest BCUT2D eigenvalue weighted by Crippen LogP contribution is -2.41. The number of hydrogen-bond donors (Lipinski definition) is 0. The molecule has 2 heterocycles. The molecule has 2 aliphatic heterocycles. The number of amides is 1. The fraction of sp³-hybridized carbons (Fsp3) is 0.632. The standard InChI is InChI=1S/C19H27FN2O2/c20-18-3-1-2-17(14-18)15-19(23)22-8-5-16(6-9-22)4-7-21-10-12-24-13-11-21/h1-3,14,16H,4-13,15H2. The molecule has 1 aromatic rings. The van der Waals surface area contributed by atoms with Crippen molar-refractivity contribution in [3.8, 4) is 0 Å². The fourth-order valence-electron chi connectivity index (χ4n) is 3.59. The van der Waals surface area contributed by atoms with Crippen LogP contribution in [0.3, 0.4) is 0 Å². The lowest BCUT2D eigenvalue weighted by atomic mass is 9.93. The fourth-order valence-corrected chi connectivity index (χ4v) is 3.59. The summed E-state index contributed by atoms with van der Waals surface area (Å²) < 4.78 is 18.6. The molecule has 0 spiro atoms. The minimum atomic E-state index is -0.276. The molecule has 0 aliphatic carbocycles. The predicted molar refractivity (Wildman–Crippen MR) is 91.3 cm³/mol. The average molecular weight is 334 g/mol. The van der Waals surface area contributed by atoms with Gasteiger partial charge in [-0.05, 0) is 49.4 Å². The first-order valence-corrected chi connectivity index (χ1v) is 9.03. The molecule has 24 heavy (non-hydrogen) atoms. The molecule has 0 N–H and O–H groups in total. The number of likely N-dealkylation sites (tertiary alicyclic amines) is 1. The molecule has 0 radical (unpaired) electrons. The topological polar surface area (TPSA) is 32.8 Å². The molecular weight excluding hydrogens is 307 g/mol. The molecule has 4 nitrogen and oxygen atoms in total. The summed E-state index contributed by atoms with van der Waals surface area (Å²) in [5.74, 6) is 0.556. The van der Waals surface area contributed by atoms with Gasteiger partial charge in [-0.2, -0.15) is 0 Å². The van der Waals surface area contributed by atoms with Crippen molar-refractivity contribution in [1.29, 1.82) is 0 Å². The molecule has 0 atom stereocenters. The van der Waals surface area contributed by atoms with Gasteiger partial charge in [0.2, 0.25) is 5.91 Å². The van der Waals surface area contributed by atoms with Crippen LogP contribution in [-0.4, -0.2) is 61.6 Å². The Morgan fingerprint density at radius 3 is 2.62 bits per heavy atom. The average Bonchev–Trinajstić information content (AvgIpc) is 2.61. The highest BCUT2D eigenvalue weighted by Crippen LogP contribution is 2.22. The smallest absolute Gasteiger partial charge is 0.226 e. The van der Waals surface area contributed by atoms with Crippen LogP contribution in [0.1, 0.15) is 24.8 Å². The number of nitrogens with zero attached hydrogens (tertiary/aromatic N) is 2. The summed E-state index contributed by atoms with van der Waals surface area (Å²) in [6.45, 7) is 6.62. The zero-order chi connectivity index (χ0) is 16.8. The molecule has 3 rings (SSSR count). The monoisotopic (exact) mass is 334 g/mol. The highest BCUT2D eigenvalue weighted by Gasteiger charge is 2.23. The van der Waals surface area contributed by atoms with E-state index in [-0.39, 0.29) is 11.7 Å². The second-order valence-electron chi connectivity index (χ2n) is 6.87.